The first-order chi connectivity index (χ1) is 12.5. The van der Waals surface area contributed by atoms with Crippen molar-refractivity contribution in [1.29, 1.82) is 0 Å². The summed E-state index contributed by atoms with van der Waals surface area (Å²) in [6, 6.07) is 9.27. The molecule has 0 aliphatic rings. The van der Waals surface area contributed by atoms with Gasteiger partial charge in [0.1, 0.15) is 5.82 Å². The summed E-state index contributed by atoms with van der Waals surface area (Å²) in [7, 11) is 0. The number of unbranched alkanes of at least 4 members (excludes halogenated alkanes) is 2. The van der Waals surface area contributed by atoms with E-state index in [0.29, 0.717) is 23.7 Å². The summed E-state index contributed by atoms with van der Waals surface area (Å²) in [5.74, 6) is -2.18. The fraction of sp³-hybridized carbons (Fsp3) is 0.300. The number of rotatable bonds is 9. The number of carbonyl (C=O) groups excluding carboxylic acids is 2. The van der Waals surface area contributed by atoms with Crippen LogP contribution in [-0.2, 0) is 4.79 Å². The fourth-order valence-electron chi connectivity index (χ4n) is 2.32. The quantitative estimate of drug-likeness (QED) is 0.518. The van der Waals surface area contributed by atoms with Crippen molar-refractivity contribution >= 4 is 17.4 Å². The lowest BCUT2D eigenvalue weighted by Crippen LogP contribution is -2.13. The molecule has 0 bridgehead atoms. The minimum Gasteiger partial charge on any atom is -0.482 e. The highest BCUT2D eigenvalue weighted by Crippen LogP contribution is 2.18. The normalized spacial score (nSPS) is 10.4. The van der Waals surface area contributed by atoms with Gasteiger partial charge in [-0.05, 0) is 42.8 Å². The first-order valence-electron chi connectivity index (χ1n) is 8.50. The van der Waals surface area contributed by atoms with E-state index in [-0.39, 0.29) is 24.0 Å². The lowest BCUT2D eigenvalue weighted by Gasteiger charge is -2.08. The highest BCUT2D eigenvalue weighted by Gasteiger charge is 2.10. The zero-order chi connectivity index (χ0) is 18.9. The van der Waals surface area contributed by atoms with Crippen molar-refractivity contribution in [3.8, 4) is 5.75 Å². The van der Waals surface area contributed by atoms with Gasteiger partial charge in [-0.2, -0.15) is 0 Å². The second-order valence-electron chi connectivity index (χ2n) is 5.87. The third kappa shape index (κ3) is 5.95. The lowest BCUT2D eigenvalue weighted by atomic mass is 10.1. The van der Waals surface area contributed by atoms with Crippen molar-refractivity contribution in [2.45, 2.75) is 32.6 Å². The van der Waals surface area contributed by atoms with E-state index in [4.69, 9.17) is 4.74 Å². The Morgan fingerprint density at radius 1 is 1.04 bits per heavy atom. The number of Topliss-reactive ketones (excluding diaryl/α,β-unsaturated/α-hetero) is 1. The van der Waals surface area contributed by atoms with Gasteiger partial charge in [-0.3, -0.25) is 9.59 Å². The van der Waals surface area contributed by atoms with Crippen molar-refractivity contribution in [3.05, 3.63) is 59.7 Å². The van der Waals surface area contributed by atoms with Gasteiger partial charge < -0.3 is 10.1 Å². The van der Waals surface area contributed by atoms with Gasteiger partial charge in [-0.1, -0.05) is 19.8 Å². The summed E-state index contributed by atoms with van der Waals surface area (Å²) >= 11 is 0. The van der Waals surface area contributed by atoms with Crippen molar-refractivity contribution in [1.82, 2.24) is 0 Å². The molecule has 2 aromatic carbocycles. The molecule has 1 N–H and O–H groups in total. The SMILES string of the molecule is CCCCCC(=O)Nc1ccc(C(=O)COc2ccc(F)cc2F)cc1. The van der Waals surface area contributed by atoms with Gasteiger partial charge in [-0.25, -0.2) is 8.78 Å². The second-order valence-corrected chi connectivity index (χ2v) is 5.87. The summed E-state index contributed by atoms with van der Waals surface area (Å²) in [5.41, 5.74) is 0.977. The largest absolute Gasteiger partial charge is 0.482 e. The zero-order valence-corrected chi connectivity index (χ0v) is 14.6. The van der Waals surface area contributed by atoms with Crippen molar-refractivity contribution < 1.29 is 23.1 Å². The zero-order valence-electron chi connectivity index (χ0n) is 14.6. The van der Waals surface area contributed by atoms with Crippen LogP contribution in [0.4, 0.5) is 14.5 Å². The standard InChI is InChI=1S/C20H21F2NO3/c1-2-3-4-5-20(25)23-16-9-6-14(7-10-16)18(24)13-26-19-11-8-15(21)12-17(19)22/h6-12H,2-5,13H2,1H3,(H,23,25). The van der Waals surface area contributed by atoms with Crippen LogP contribution in [-0.4, -0.2) is 18.3 Å². The van der Waals surface area contributed by atoms with Crippen LogP contribution < -0.4 is 10.1 Å². The summed E-state index contributed by atoms with van der Waals surface area (Å²) in [5, 5.41) is 2.77. The van der Waals surface area contributed by atoms with Gasteiger partial charge in [0.25, 0.3) is 0 Å². The molecule has 0 radical (unpaired) electrons. The molecule has 0 aliphatic carbocycles. The minimum atomic E-state index is -0.862. The molecule has 2 aromatic rings. The highest BCUT2D eigenvalue weighted by atomic mass is 19.1. The van der Waals surface area contributed by atoms with Crippen LogP contribution >= 0.6 is 0 Å². The van der Waals surface area contributed by atoms with Crippen LogP contribution in [0.2, 0.25) is 0 Å². The number of ether oxygens (including phenoxy) is 1. The average molecular weight is 361 g/mol. The Balaban J connectivity index is 1.87. The van der Waals surface area contributed by atoms with Gasteiger partial charge in [0.2, 0.25) is 5.91 Å². The molecule has 0 atom stereocenters. The number of amides is 1. The topological polar surface area (TPSA) is 55.4 Å². The number of hydrogen-bond acceptors (Lipinski definition) is 3. The van der Waals surface area contributed by atoms with E-state index >= 15 is 0 Å². The van der Waals surface area contributed by atoms with E-state index in [9.17, 15) is 18.4 Å². The molecule has 138 valence electrons. The first-order valence-corrected chi connectivity index (χ1v) is 8.50. The van der Waals surface area contributed by atoms with E-state index in [1.54, 1.807) is 24.3 Å². The van der Waals surface area contributed by atoms with Gasteiger partial charge >= 0.3 is 0 Å². The molecular formula is C20H21F2NO3. The maximum atomic E-state index is 13.5. The second kappa shape index (κ2) is 9.65. The van der Waals surface area contributed by atoms with E-state index in [0.717, 1.165) is 31.4 Å². The number of ketones is 1. The summed E-state index contributed by atoms with van der Waals surface area (Å²) in [6.45, 7) is 1.70. The number of halogens is 2. The maximum Gasteiger partial charge on any atom is 0.224 e. The van der Waals surface area contributed by atoms with Gasteiger partial charge in [0, 0.05) is 23.7 Å². The number of benzene rings is 2. The summed E-state index contributed by atoms with van der Waals surface area (Å²) in [4.78, 5) is 23.9. The van der Waals surface area contributed by atoms with Crippen LogP contribution in [0, 0.1) is 11.6 Å². The molecule has 26 heavy (non-hydrogen) atoms. The molecule has 0 saturated heterocycles. The molecule has 1 amide bonds. The molecule has 0 aliphatic heterocycles. The predicted octanol–water partition coefficient (Wildman–Crippen LogP) is 4.75. The Kier molecular flexibility index (Phi) is 7.26. The minimum absolute atomic E-state index is 0.0624. The molecule has 0 spiro atoms. The van der Waals surface area contributed by atoms with Crippen LogP contribution in [0.1, 0.15) is 43.0 Å². The fourth-order valence-corrected chi connectivity index (χ4v) is 2.32. The molecule has 4 nitrogen and oxygen atoms in total. The number of nitrogens with one attached hydrogen (secondary N) is 1. The molecule has 0 heterocycles. The number of anilines is 1. The predicted molar refractivity (Wildman–Crippen MR) is 95.4 cm³/mol. The molecular weight excluding hydrogens is 340 g/mol. The van der Waals surface area contributed by atoms with Gasteiger partial charge in [0.15, 0.2) is 24.0 Å². The molecule has 2 rings (SSSR count). The number of hydrogen-bond donors (Lipinski definition) is 1. The van der Waals surface area contributed by atoms with Crippen molar-refractivity contribution in [3.63, 3.8) is 0 Å². The monoisotopic (exact) mass is 361 g/mol. The summed E-state index contributed by atoms with van der Waals surface area (Å²) < 4.78 is 31.4. The Morgan fingerprint density at radius 2 is 1.77 bits per heavy atom. The maximum absolute atomic E-state index is 13.5. The van der Waals surface area contributed by atoms with Crippen molar-refractivity contribution in [2.24, 2.45) is 0 Å². The molecule has 0 aromatic heterocycles. The van der Waals surface area contributed by atoms with Crippen LogP contribution in [0.3, 0.4) is 0 Å². The Morgan fingerprint density at radius 3 is 2.42 bits per heavy atom. The Labute approximate surface area is 151 Å². The number of carbonyl (C=O) groups is 2. The smallest absolute Gasteiger partial charge is 0.224 e. The van der Waals surface area contributed by atoms with Crippen LogP contribution in [0.5, 0.6) is 5.75 Å². The van der Waals surface area contributed by atoms with E-state index in [1.807, 2.05) is 0 Å². The van der Waals surface area contributed by atoms with E-state index < -0.39 is 11.6 Å². The van der Waals surface area contributed by atoms with Gasteiger partial charge in [-0.15, -0.1) is 0 Å². The van der Waals surface area contributed by atoms with E-state index in [1.165, 1.54) is 0 Å². The first kappa shape index (κ1) is 19.6. The third-order valence-corrected chi connectivity index (χ3v) is 3.75. The summed E-state index contributed by atoms with van der Waals surface area (Å²) in [6.07, 6.45) is 3.37. The van der Waals surface area contributed by atoms with Crippen LogP contribution in [0.25, 0.3) is 0 Å². The Bertz CT molecular complexity index is 760. The highest BCUT2D eigenvalue weighted by molar-refractivity contribution is 5.98. The van der Waals surface area contributed by atoms with Gasteiger partial charge in [0.05, 0.1) is 0 Å². The average Bonchev–Trinajstić information content (AvgIpc) is 2.61. The Hall–Kier alpha value is -2.76. The molecule has 0 saturated carbocycles. The van der Waals surface area contributed by atoms with E-state index in [2.05, 4.69) is 12.2 Å². The third-order valence-electron chi connectivity index (χ3n) is 3.75. The molecule has 6 heteroatoms. The van der Waals surface area contributed by atoms with Crippen molar-refractivity contribution in [2.75, 3.05) is 11.9 Å². The lowest BCUT2D eigenvalue weighted by molar-refractivity contribution is -0.116. The molecule has 0 unspecified atom stereocenters. The van der Waals surface area contributed by atoms with Crippen LogP contribution in [0.15, 0.2) is 42.5 Å². The molecule has 0 fully saturated rings.